The molecule has 0 N–H and O–H groups in total. The van der Waals surface area contributed by atoms with E-state index in [-0.39, 0.29) is 18.2 Å². The van der Waals surface area contributed by atoms with Gasteiger partial charge in [0.2, 0.25) is 0 Å². The third-order valence-corrected chi connectivity index (χ3v) is 2.32. The van der Waals surface area contributed by atoms with Crippen LogP contribution in [0.2, 0.25) is 0 Å². The lowest BCUT2D eigenvalue weighted by Gasteiger charge is -2.17. The zero-order valence-corrected chi connectivity index (χ0v) is 8.04. The monoisotopic (exact) mass is 193 g/mol. The predicted molar refractivity (Wildman–Crippen MR) is 48.5 cm³/mol. The summed E-state index contributed by atoms with van der Waals surface area (Å²) in [5, 5.41) is 0. The molecule has 14 heavy (non-hydrogen) atoms. The molecule has 74 valence electrons. The summed E-state index contributed by atoms with van der Waals surface area (Å²) in [6, 6.07) is -0.129. The summed E-state index contributed by atoms with van der Waals surface area (Å²) >= 11 is 0. The lowest BCUT2D eigenvalue weighted by molar-refractivity contribution is 0.138. The van der Waals surface area contributed by atoms with Crippen molar-refractivity contribution in [2.75, 3.05) is 7.05 Å². The molecule has 5 nitrogen and oxygen atoms in total. The van der Waals surface area contributed by atoms with Gasteiger partial charge in [-0.25, -0.2) is 4.79 Å². The van der Waals surface area contributed by atoms with Gasteiger partial charge >= 0.3 is 6.09 Å². The zero-order chi connectivity index (χ0) is 10.1. The van der Waals surface area contributed by atoms with Crippen LogP contribution in [0.15, 0.2) is 18.6 Å². The number of aromatic nitrogens is 2. The molecule has 2 unspecified atom stereocenters. The largest absolute Gasteiger partial charge is 0.444 e. The minimum atomic E-state index is -0.312. The Hall–Kier alpha value is -1.65. The van der Waals surface area contributed by atoms with E-state index in [9.17, 15) is 4.79 Å². The Bertz CT molecular complexity index is 341. The Morgan fingerprint density at radius 2 is 2.29 bits per heavy atom. The summed E-state index contributed by atoms with van der Waals surface area (Å²) in [7, 11) is 1.70. The van der Waals surface area contributed by atoms with Crippen LogP contribution in [-0.4, -0.2) is 34.1 Å². The smallest absolute Gasteiger partial charge is 0.410 e. The minimum Gasteiger partial charge on any atom is -0.444 e. The van der Waals surface area contributed by atoms with Gasteiger partial charge in [0.15, 0.2) is 0 Å². The Morgan fingerprint density at radius 1 is 1.50 bits per heavy atom. The molecule has 2 rings (SSSR count). The van der Waals surface area contributed by atoms with Gasteiger partial charge in [-0.1, -0.05) is 0 Å². The maximum Gasteiger partial charge on any atom is 0.410 e. The Labute approximate surface area is 81.7 Å². The molecule has 1 aliphatic heterocycles. The molecule has 0 saturated carbocycles. The quantitative estimate of drug-likeness (QED) is 0.667. The summed E-state index contributed by atoms with van der Waals surface area (Å²) < 4.78 is 5.06. The Morgan fingerprint density at radius 3 is 2.79 bits per heavy atom. The van der Waals surface area contributed by atoms with Gasteiger partial charge in [-0.3, -0.25) is 14.9 Å². The number of likely N-dealkylation sites (N-methyl/N-ethyl adjacent to an activating group) is 1. The van der Waals surface area contributed by atoms with Crippen LogP contribution in [0.4, 0.5) is 4.79 Å². The molecule has 0 aromatic carbocycles. The van der Waals surface area contributed by atoms with Crippen molar-refractivity contribution in [2.45, 2.75) is 19.1 Å². The highest BCUT2D eigenvalue weighted by Gasteiger charge is 2.38. The number of amides is 1. The van der Waals surface area contributed by atoms with Crippen LogP contribution < -0.4 is 0 Å². The topological polar surface area (TPSA) is 55.3 Å². The van der Waals surface area contributed by atoms with Gasteiger partial charge in [-0.15, -0.1) is 0 Å². The molecule has 5 heteroatoms. The first-order valence-electron chi connectivity index (χ1n) is 4.39. The van der Waals surface area contributed by atoms with Crippen LogP contribution in [-0.2, 0) is 4.74 Å². The van der Waals surface area contributed by atoms with Crippen molar-refractivity contribution < 1.29 is 9.53 Å². The SMILES string of the molecule is CC1OC(=O)N(C)C1c1cnccn1. The van der Waals surface area contributed by atoms with Crippen LogP contribution in [0.5, 0.6) is 0 Å². The number of carbonyl (C=O) groups is 1. The highest BCUT2D eigenvalue weighted by Crippen LogP contribution is 2.29. The van der Waals surface area contributed by atoms with E-state index >= 15 is 0 Å². The molecule has 1 aliphatic rings. The standard InChI is InChI=1S/C9H11N3O2/c1-6-8(12(2)9(13)14-6)7-5-10-3-4-11-7/h3-6,8H,1-2H3. The van der Waals surface area contributed by atoms with Gasteiger partial charge in [-0.2, -0.15) is 0 Å². The van der Waals surface area contributed by atoms with Gasteiger partial charge in [0, 0.05) is 19.4 Å². The van der Waals surface area contributed by atoms with E-state index in [2.05, 4.69) is 9.97 Å². The summed E-state index contributed by atoms with van der Waals surface area (Å²) in [5.41, 5.74) is 0.758. The summed E-state index contributed by atoms with van der Waals surface area (Å²) in [4.78, 5) is 20.9. The normalized spacial score (nSPS) is 26.4. The van der Waals surface area contributed by atoms with Gasteiger partial charge < -0.3 is 4.74 Å². The Kier molecular flexibility index (Phi) is 2.07. The second-order valence-corrected chi connectivity index (χ2v) is 3.27. The first-order chi connectivity index (χ1) is 6.70. The van der Waals surface area contributed by atoms with Crippen LogP contribution in [0.3, 0.4) is 0 Å². The fourth-order valence-corrected chi connectivity index (χ4v) is 1.64. The number of carbonyl (C=O) groups excluding carboxylic acids is 1. The zero-order valence-electron chi connectivity index (χ0n) is 8.04. The maximum atomic E-state index is 11.2. The van der Waals surface area contributed by atoms with E-state index in [0.29, 0.717) is 0 Å². The fraction of sp³-hybridized carbons (Fsp3) is 0.444. The molecule has 1 aromatic heterocycles. The van der Waals surface area contributed by atoms with Crippen LogP contribution in [0.1, 0.15) is 18.7 Å². The molecule has 1 saturated heterocycles. The summed E-state index contributed by atoms with van der Waals surface area (Å²) in [6.45, 7) is 1.85. The number of ether oxygens (including phenoxy) is 1. The highest BCUT2D eigenvalue weighted by molar-refractivity contribution is 5.70. The first kappa shape index (κ1) is 8.93. The summed E-state index contributed by atoms with van der Waals surface area (Å²) in [5.74, 6) is 0. The van der Waals surface area contributed by atoms with Crippen molar-refractivity contribution in [3.63, 3.8) is 0 Å². The lowest BCUT2D eigenvalue weighted by atomic mass is 10.1. The van der Waals surface area contributed by atoms with Crippen LogP contribution in [0, 0.1) is 0 Å². The van der Waals surface area contributed by atoms with E-state index in [1.165, 1.54) is 4.90 Å². The van der Waals surface area contributed by atoms with E-state index in [4.69, 9.17) is 4.74 Å². The molecule has 0 bridgehead atoms. The molecule has 1 amide bonds. The molecule has 1 fully saturated rings. The van der Waals surface area contributed by atoms with E-state index < -0.39 is 0 Å². The van der Waals surface area contributed by atoms with Crippen molar-refractivity contribution in [3.8, 4) is 0 Å². The van der Waals surface area contributed by atoms with Crippen molar-refractivity contribution in [2.24, 2.45) is 0 Å². The van der Waals surface area contributed by atoms with Gasteiger partial charge in [0.25, 0.3) is 0 Å². The van der Waals surface area contributed by atoms with Crippen LogP contribution in [0.25, 0.3) is 0 Å². The molecule has 2 heterocycles. The third-order valence-electron chi connectivity index (χ3n) is 2.32. The molecule has 0 radical (unpaired) electrons. The second kappa shape index (κ2) is 3.25. The summed E-state index contributed by atoms with van der Waals surface area (Å²) in [6.07, 6.45) is 4.38. The molecular weight excluding hydrogens is 182 g/mol. The van der Waals surface area contributed by atoms with Crippen molar-refractivity contribution in [1.29, 1.82) is 0 Å². The van der Waals surface area contributed by atoms with Crippen LogP contribution >= 0.6 is 0 Å². The van der Waals surface area contributed by atoms with E-state index in [1.54, 1.807) is 25.6 Å². The molecular formula is C9H11N3O2. The lowest BCUT2D eigenvalue weighted by Crippen LogP contribution is -2.25. The molecule has 0 spiro atoms. The minimum absolute atomic E-state index is 0.129. The Balaban J connectivity index is 2.31. The number of hydrogen-bond acceptors (Lipinski definition) is 4. The predicted octanol–water partition coefficient (Wildman–Crippen LogP) is 0.988. The highest BCUT2D eigenvalue weighted by atomic mass is 16.6. The number of rotatable bonds is 1. The average Bonchev–Trinajstić information content (AvgIpc) is 2.43. The average molecular weight is 193 g/mol. The van der Waals surface area contributed by atoms with Crippen molar-refractivity contribution in [1.82, 2.24) is 14.9 Å². The first-order valence-corrected chi connectivity index (χ1v) is 4.39. The fourth-order valence-electron chi connectivity index (χ4n) is 1.64. The number of hydrogen-bond donors (Lipinski definition) is 0. The third kappa shape index (κ3) is 1.30. The molecule has 1 aromatic rings. The van der Waals surface area contributed by atoms with Crippen molar-refractivity contribution >= 4 is 6.09 Å². The molecule has 0 aliphatic carbocycles. The van der Waals surface area contributed by atoms with Gasteiger partial charge in [-0.05, 0) is 6.92 Å². The van der Waals surface area contributed by atoms with E-state index in [0.717, 1.165) is 5.69 Å². The van der Waals surface area contributed by atoms with Gasteiger partial charge in [0.05, 0.1) is 11.9 Å². The van der Waals surface area contributed by atoms with E-state index in [1.807, 2.05) is 6.92 Å². The number of nitrogens with zero attached hydrogens (tertiary/aromatic N) is 3. The second-order valence-electron chi connectivity index (χ2n) is 3.27. The maximum absolute atomic E-state index is 11.2. The van der Waals surface area contributed by atoms with Crippen molar-refractivity contribution in [3.05, 3.63) is 24.3 Å². The number of cyclic esters (lactones) is 1. The molecule has 2 atom stereocenters. The van der Waals surface area contributed by atoms with Gasteiger partial charge in [0.1, 0.15) is 12.1 Å².